The Kier molecular flexibility index (Phi) is 3.74. The zero-order chi connectivity index (χ0) is 13.0. The van der Waals surface area contributed by atoms with Gasteiger partial charge in [-0.05, 0) is 24.3 Å². The molecule has 1 amide bonds. The van der Waals surface area contributed by atoms with Crippen LogP contribution in [0.3, 0.4) is 0 Å². The summed E-state index contributed by atoms with van der Waals surface area (Å²) in [6.45, 7) is 1.47. The van der Waals surface area contributed by atoms with Gasteiger partial charge in [0.25, 0.3) is 0 Å². The number of anilines is 3. The third-order valence-electron chi connectivity index (χ3n) is 2.08. The monoisotopic (exact) mass is 262 g/mol. The van der Waals surface area contributed by atoms with Gasteiger partial charge in [0.2, 0.25) is 5.91 Å². The van der Waals surface area contributed by atoms with Crippen molar-refractivity contribution < 1.29 is 4.79 Å². The summed E-state index contributed by atoms with van der Waals surface area (Å²) < 4.78 is 0. The fraction of sp³-hybridized carbons (Fsp3) is 0.0833. The van der Waals surface area contributed by atoms with Crippen LogP contribution in [0.2, 0.25) is 5.15 Å². The predicted octanol–water partition coefficient (Wildman–Crippen LogP) is 2.83. The van der Waals surface area contributed by atoms with Crippen molar-refractivity contribution in [3.63, 3.8) is 0 Å². The van der Waals surface area contributed by atoms with Crippen molar-refractivity contribution >= 4 is 34.7 Å². The predicted molar refractivity (Wildman–Crippen MR) is 71.1 cm³/mol. The molecule has 92 valence electrons. The van der Waals surface area contributed by atoms with Crippen molar-refractivity contribution in [1.82, 2.24) is 9.97 Å². The summed E-state index contributed by atoms with van der Waals surface area (Å²) in [6.07, 6.45) is 3.04. The second-order valence-electron chi connectivity index (χ2n) is 3.61. The van der Waals surface area contributed by atoms with Crippen LogP contribution in [0.25, 0.3) is 0 Å². The summed E-state index contributed by atoms with van der Waals surface area (Å²) in [4.78, 5) is 18.9. The lowest BCUT2D eigenvalue weighted by Crippen LogP contribution is -2.05. The van der Waals surface area contributed by atoms with Gasteiger partial charge in [0, 0.05) is 18.3 Å². The van der Waals surface area contributed by atoms with Gasteiger partial charge in [-0.25, -0.2) is 4.98 Å². The van der Waals surface area contributed by atoms with E-state index >= 15 is 0 Å². The minimum Gasteiger partial charge on any atom is -0.339 e. The van der Waals surface area contributed by atoms with E-state index in [-0.39, 0.29) is 5.91 Å². The highest BCUT2D eigenvalue weighted by Crippen LogP contribution is 2.17. The minimum atomic E-state index is -0.101. The van der Waals surface area contributed by atoms with Crippen LogP contribution >= 0.6 is 11.6 Å². The smallest absolute Gasteiger partial charge is 0.221 e. The number of hydrogen-bond donors (Lipinski definition) is 2. The first-order valence-electron chi connectivity index (χ1n) is 5.26. The van der Waals surface area contributed by atoms with Crippen LogP contribution in [0.5, 0.6) is 0 Å². The van der Waals surface area contributed by atoms with Gasteiger partial charge in [-0.2, -0.15) is 0 Å². The Morgan fingerprint density at radius 3 is 2.44 bits per heavy atom. The SMILES string of the molecule is CC(=O)Nc1ccc(Nc2cncc(Cl)n2)cc1. The average Bonchev–Trinajstić information content (AvgIpc) is 2.31. The maximum Gasteiger partial charge on any atom is 0.221 e. The maximum absolute atomic E-state index is 10.9. The van der Waals surface area contributed by atoms with Crippen LogP contribution in [0.15, 0.2) is 36.7 Å². The van der Waals surface area contributed by atoms with Gasteiger partial charge in [-0.3, -0.25) is 9.78 Å². The Balaban J connectivity index is 2.08. The number of benzene rings is 1. The molecule has 0 saturated carbocycles. The second-order valence-corrected chi connectivity index (χ2v) is 4.00. The number of halogens is 1. The molecular formula is C12H11ClN4O. The van der Waals surface area contributed by atoms with Gasteiger partial charge in [0.05, 0.1) is 12.4 Å². The van der Waals surface area contributed by atoms with Gasteiger partial charge in [0.15, 0.2) is 5.82 Å². The van der Waals surface area contributed by atoms with E-state index in [0.29, 0.717) is 11.0 Å². The summed E-state index contributed by atoms with van der Waals surface area (Å²) in [5, 5.41) is 6.07. The molecule has 0 atom stereocenters. The van der Waals surface area contributed by atoms with E-state index in [2.05, 4.69) is 20.6 Å². The second kappa shape index (κ2) is 5.46. The lowest BCUT2D eigenvalue weighted by Gasteiger charge is -2.06. The molecule has 0 aliphatic heterocycles. The zero-order valence-electron chi connectivity index (χ0n) is 9.64. The fourth-order valence-corrected chi connectivity index (χ4v) is 1.54. The van der Waals surface area contributed by atoms with Crippen molar-refractivity contribution in [2.24, 2.45) is 0 Å². The Hall–Kier alpha value is -2.14. The third kappa shape index (κ3) is 3.43. The number of hydrogen-bond acceptors (Lipinski definition) is 4. The van der Waals surface area contributed by atoms with Gasteiger partial charge in [0.1, 0.15) is 5.15 Å². The molecule has 0 fully saturated rings. The van der Waals surface area contributed by atoms with Crippen LogP contribution in [0.1, 0.15) is 6.92 Å². The van der Waals surface area contributed by atoms with Crippen molar-refractivity contribution in [2.45, 2.75) is 6.92 Å². The van der Waals surface area contributed by atoms with E-state index in [4.69, 9.17) is 11.6 Å². The Bertz CT molecular complexity index is 556. The largest absolute Gasteiger partial charge is 0.339 e. The van der Waals surface area contributed by atoms with Crippen LogP contribution in [-0.4, -0.2) is 15.9 Å². The molecule has 0 saturated heterocycles. The molecule has 0 bridgehead atoms. The number of nitrogens with one attached hydrogen (secondary N) is 2. The molecule has 1 aromatic heterocycles. The molecule has 0 radical (unpaired) electrons. The van der Waals surface area contributed by atoms with Crippen molar-refractivity contribution in [1.29, 1.82) is 0 Å². The van der Waals surface area contributed by atoms with Crippen molar-refractivity contribution in [3.05, 3.63) is 41.8 Å². The molecule has 1 heterocycles. The summed E-state index contributed by atoms with van der Waals surface area (Å²) in [7, 11) is 0. The van der Waals surface area contributed by atoms with Crippen LogP contribution in [-0.2, 0) is 4.79 Å². The summed E-state index contributed by atoms with van der Waals surface area (Å²) in [6, 6.07) is 7.24. The summed E-state index contributed by atoms with van der Waals surface area (Å²) in [5.41, 5.74) is 1.57. The maximum atomic E-state index is 10.9. The van der Waals surface area contributed by atoms with Gasteiger partial charge >= 0.3 is 0 Å². The van der Waals surface area contributed by atoms with E-state index in [1.54, 1.807) is 18.3 Å². The Morgan fingerprint density at radius 1 is 1.17 bits per heavy atom. The Labute approximate surface area is 109 Å². The number of carbonyl (C=O) groups is 1. The molecular weight excluding hydrogens is 252 g/mol. The summed E-state index contributed by atoms with van der Waals surface area (Å²) >= 11 is 5.73. The quantitative estimate of drug-likeness (QED) is 0.893. The highest BCUT2D eigenvalue weighted by Gasteiger charge is 1.99. The van der Waals surface area contributed by atoms with Crippen molar-refractivity contribution in [2.75, 3.05) is 10.6 Å². The molecule has 0 unspecified atom stereocenters. The average molecular weight is 263 g/mol. The molecule has 2 rings (SSSR count). The number of nitrogens with zero attached hydrogens (tertiary/aromatic N) is 2. The van der Waals surface area contributed by atoms with Crippen molar-refractivity contribution in [3.8, 4) is 0 Å². The van der Waals surface area contributed by atoms with Crippen LogP contribution in [0, 0.1) is 0 Å². The van der Waals surface area contributed by atoms with Gasteiger partial charge in [-0.1, -0.05) is 11.6 Å². The zero-order valence-corrected chi connectivity index (χ0v) is 10.4. The van der Waals surface area contributed by atoms with E-state index in [0.717, 1.165) is 11.4 Å². The lowest BCUT2D eigenvalue weighted by molar-refractivity contribution is -0.114. The number of rotatable bonds is 3. The first-order valence-corrected chi connectivity index (χ1v) is 5.63. The number of amides is 1. The van der Waals surface area contributed by atoms with E-state index in [1.807, 2.05) is 12.1 Å². The number of aromatic nitrogens is 2. The first kappa shape index (κ1) is 12.3. The number of carbonyl (C=O) groups excluding carboxylic acids is 1. The third-order valence-corrected chi connectivity index (χ3v) is 2.26. The van der Waals surface area contributed by atoms with Crippen LogP contribution in [0.4, 0.5) is 17.2 Å². The molecule has 0 aliphatic carbocycles. The molecule has 5 nitrogen and oxygen atoms in total. The molecule has 18 heavy (non-hydrogen) atoms. The minimum absolute atomic E-state index is 0.101. The van der Waals surface area contributed by atoms with E-state index < -0.39 is 0 Å². The first-order chi connectivity index (χ1) is 8.63. The molecule has 1 aromatic carbocycles. The Morgan fingerprint density at radius 2 is 1.83 bits per heavy atom. The van der Waals surface area contributed by atoms with Crippen LogP contribution < -0.4 is 10.6 Å². The highest BCUT2D eigenvalue weighted by atomic mass is 35.5. The molecule has 6 heteroatoms. The van der Waals surface area contributed by atoms with E-state index in [9.17, 15) is 4.79 Å². The molecule has 0 spiro atoms. The molecule has 2 aromatic rings. The normalized spacial score (nSPS) is 9.89. The summed E-state index contributed by atoms with van der Waals surface area (Å²) in [5.74, 6) is 0.464. The fourth-order valence-electron chi connectivity index (χ4n) is 1.39. The molecule has 2 N–H and O–H groups in total. The highest BCUT2D eigenvalue weighted by molar-refractivity contribution is 6.29. The lowest BCUT2D eigenvalue weighted by atomic mass is 10.3. The standard InChI is InChI=1S/C12H11ClN4O/c1-8(18)15-9-2-4-10(5-3-9)16-12-7-14-6-11(13)17-12/h2-7H,1H3,(H,15,18)(H,16,17). The molecule has 0 aliphatic rings. The van der Waals surface area contributed by atoms with Gasteiger partial charge in [-0.15, -0.1) is 0 Å². The van der Waals surface area contributed by atoms with E-state index in [1.165, 1.54) is 13.1 Å². The van der Waals surface area contributed by atoms with Gasteiger partial charge < -0.3 is 10.6 Å². The topological polar surface area (TPSA) is 66.9 Å².